The van der Waals surface area contributed by atoms with Crippen molar-refractivity contribution in [3.63, 3.8) is 0 Å². The number of cyclic esters (lactones) is 1. The fourth-order valence-corrected chi connectivity index (χ4v) is 4.28. The molecule has 0 bridgehead atoms. The summed E-state index contributed by atoms with van der Waals surface area (Å²) in [6, 6.07) is 23.0. The molecule has 1 aliphatic heterocycles. The minimum absolute atomic E-state index is 0.245. The molecular formula is C30H33N3O4. The maximum absolute atomic E-state index is 13.4. The van der Waals surface area contributed by atoms with Gasteiger partial charge in [0.15, 0.2) is 12.1 Å². The summed E-state index contributed by atoms with van der Waals surface area (Å²) >= 11 is 0. The standard InChI is InChI=1S/C30H33N3O4/c1-20(2)16-17-31-29(35)26-27(37-30(36)33(26)19-22-14-12-21(3)13-15-22)24-10-7-11-25(18-24)32-28(34)23-8-5-4-6-9-23/h4-15,18,20,26-27H,16-17,19H2,1-3H3,(H,31,35)(H,32,34)/t26-,27-/m0/s1. The molecule has 2 N–H and O–H groups in total. The molecule has 1 fully saturated rings. The van der Waals surface area contributed by atoms with Gasteiger partial charge in [0.1, 0.15) is 0 Å². The van der Waals surface area contributed by atoms with Crippen LogP contribution in [0.4, 0.5) is 10.5 Å². The van der Waals surface area contributed by atoms with E-state index in [9.17, 15) is 14.4 Å². The first-order valence-electron chi connectivity index (χ1n) is 12.6. The van der Waals surface area contributed by atoms with E-state index in [1.165, 1.54) is 4.90 Å². The van der Waals surface area contributed by atoms with Crippen LogP contribution in [-0.2, 0) is 16.1 Å². The summed E-state index contributed by atoms with van der Waals surface area (Å²) in [6.45, 7) is 6.95. The van der Waals surface area contributed by atoms with Gasteiger partial charge in [0.05, 0.1) is 6.54 Å². The maximum Gasteiger partial charge on any atom is 0.411 e. The van der Waals surface area contributed by atoms with Gasteiger partial charge < -0.3 is 15.4 Å². The zero-order valence-corrected chi connectivity index (χ0v) is 21.4. The number of carbonyl (C=O) groups excluding carboxylic acids is 3. The van der Waals surface area contributed by atoms with Crippen LogP contribution in [0.15, 0.2) is 78.9 Å². The Bertz CT molecular complexity index is 1240. The van der Waals surface area contributed by atoms with E-state index in [2.05, 4.69) is 24.5 Å². The van der Waals surface area contributed by atoms with Crippen molar-refractivity contribution in [1.29, 1.82) is 0 Å². The van der Waals surface area contributed by atoms with Crippen molar-refractivity contribution < 1.29 is 19.1 Å². The number of anilines is 1. The Balaban J connectivity index is 1.58. The van der Waals surface area contributed by atoms with Crippen molar-refractivity contribution in [3.8, 4) is 0 Å². The second-order valence-electron chi connectivity index (χ2n) is 9.78. The van der Waals surface area contributed by atoms with E-state index in [1.54, 1.807) is 48.5 Å². The number of ether oxygens (including phenoxy) is 1. The molecule has 1 aliphatic rings. The van der Waals surface area contributed by atoms with Gasteiger partial charge in [-0.25, -0.2) is 4.79 Å². The van der Waals surface area contributed by atoms with Crippen molar-refractivity contribution in [3.05, 3.63) is 101 Å². The highest BCUT2D eigenvalue weighted by Gasteiger charge is 2.47. The van der Waals surface area contributed by atoms with E-state index in [0.717, 1.165) is 17.5 Å². The molecule has 192 valence electrons. The zero-order valence-electron chi connectivity index (χ0n) is 21.4. The second kappa shape index (κ2) is 11.7. The van der Waals surface area contributed by atoms with Crippen LogP contribution in [0.25, 0.3) is 0 Å². The number of benzene rings is 3. The van der Waals surface area contributed by atoms with Crippen LogP contribution >= 0.6 is 0 Å². The Morgan fingerprint density at radius 2 is 1.70 bits per heavy atom. The molecule has 2 atom stereocenters. The van der Waals surface area contributed by atoms with Gasteiger partial charge in [-0.3, -0.25) is 14.5 Å². The van der Waals surface area contributed by atoms with Crippen molar-refractivity contribution in [2.24, 2.45) is 5.92 Å². The van der Waals surface area contributed by atoms with E-state index in [4.69, 9.17) is 4.74 Å². The van der Waals surface area contributed by atoms with Gasteiger partial charge in [-0.05, 0) is 54.7 Å². The number of hydrogen-bond donors (Lipinski definition) is 2. The van der Waals surface area contributed by atoms with Gasteiger partial charge in [-0.1, -0.05) is 74.0 Å². The molecule has 7 nitrogen and oxygen atoms in total. The summed E-state index contributed by atoms with van der Waals surface area (Å²) in [5, 5.41) is 5.87. The monoisotopic (exact) mass is 499 g/mol. The van der Waals surface area contributed by atoms with E-state index in [-0.39, 0.29) is 18.4 Å². The molecule has 3 aromatic rings. The van der Waals surface area contributed by atoms with Crippen LogP contribution in [0.1, 0.15) is 53.4 Å². The largest absolute Gasteiger partial charge is 0.438 e. The van der Waals surface area contributed by atoms with Crippen LogP contribution in [0.5, 0.6) is 0 Å². The van der Waals surface area contributed by atoms with Crippen LogP contribution in [0.2, 0.25) is 0 Å². The Labute approximate surface area is 217 Å². The van der Waals surface area contributed by atoms with E-state index in [0.29, 0.717) is 29.3 Å². The van der Waals surface area contributed by atoms with Crippen molar-refractivity contribution in [1.82, 2.24) is 10.2 Å². The second-order valence-corrected chi connectivity index (χ2v) is 9.78. The van der Waals surface area contributed by atoms with E-state index >= 15 is 0 Å². The number of nitrogens with one attached hydrogen (secondary N) is 2. The van der Waals surface area contributed by atoms with E-state index < -0.39 is 18.2 Å². The highest BCUT2D eigenvalue weighted by atomic mass is 16.6. The van der Waals surface area contributed by atoms with Crippen LogP contribution in [-0.4, -0.2) is 35.4 Å². The molecule has 0 unspecified atom stereocenters. The van der Waals surface area contributed by atoms with Gasteiger partial charge in [0.25, 0.3) is 5.91 Å². The normalized spacial score (nSPS) is 17.0. The predicted octanol–water partition coefficient (Wildman–Crippen LogP) is 5.47. The fourth-order valence-electron chi connectivity index (χ4n) is 4.28. The van der Waals surface area contributed by atoms with Crippen LogP contribution in [0.3, 0.4) is 0 Å². The molecule has 7 heteroatoms. The number of nitrogens with zero attached hydrogens (tertiary/aromatic N) is 1. The lowest BCUT2D eigenvalue weighted by Gasteiger charge is -2.24. The molecule has 0 spiro atoms. The van der Waals surface area contributed by atoms with Gasteiger partial charge >= 0.3 is 6.09 Å². The summed E-state index contributed by atoms with van der Waals surface area (Å²) < 4.78 is 5.78. The summed E-state index contributed by atoms with van der Waals surface area (Å²) in [4.78, 5) is 40.6. The van der Waals surface area contributed by atoms with Gasteiger partial charge in [0.2, 0.25) is 5.91 Å². The highest BCUT2D eigenvalue weighted by Crippen LogP contribution is 2.35. The van der Waals surface area contributed by atoms with Gasteiger partial charge in [-0.15, -0.1) is 0 Å². The van der Waals surface area contributed by atoms with Gasteiger partial charge in [0, 0.05) is 17.8 Å². The predicted molar refractivity (Wildman–Crippen MR) is 143 cm³/mol. The average Bonchev–Trinajstić information content (AvgIpc) is 3.21. The number of amides is 3. The average molecular weight is 500 g/mol. The smallest absolute Gasteiger partial charge is 0.411 e. The molecule has 1 heterocycles. The first kappa shape index (κ1) is 25.9. The van der Waals surface area contributed by atoms with Crippen LogP contribution < -0.4 is 10.6 Å². The Morgan fingerprint density at radius 3 is 2.41 bits per heavy atom. The third-order valence-corrected chi connectivity index (χ3v) is 6.36. The zero-order chi connectivity index (χ0) is 26.4. The number of hydrogen-bond acceptors (Lipinski definition) is 4. The maximum atomic E-state index is 13.4. The Kier molecular flexibility index (Phi) is 8.23. The quantitative estimate of drug-likeness (QED) is 0.409. The summed E-state index contributed by atoms with van der Waals surface area (Å²) in [6.07, 6.45) is -0.532. The lowest BCUT2D eigenvalue weighted by molar-refractivity contribution is -0.126. The number of aryl methyl sites for hydroxylation is 1. The molecule has 3 aromatic carbocycles. The minimum atomic E-state index is -0.846. The van der Waals surface area contributed by atoms with Crippen molar-refractivity contribution in [2.75, 3.05) is 11.9 Å². The first-order chi connectivity index (χ1) is 17.8. The van der Waals surface area contributed by atoms with Gasteiger partial charge in [-0.2, -0.15) is 0 Å². The fraction of sp³-hybridized carbons (Fsp3) is 0.300. The first-order valence-corrected chi connectivity index (χ1v) is 12.6. The molecule has 0 aromatic heterocycles. The Hall–Kier alpha value is -4.13. The van der Waals surface area contributed by atoms with E-state index in [1.807, 2.05) is 37.3 Å². The summed E-state index contributed by atoms with van der Waals surface area (Å²) in [5.41, 5.74) is 3.75. The van der Waals surface area contributed by atoms with Crippen molar-refractivity contribution >= 4 is 23.6 Å². The molecular weight excluding hydrogens is 466 g/mol. The lowest BCUT2D eigenvalue weighted by atomic mass is 9.99. The summed E-state index contributed by atoms with van der Waals surface area (Å²) in [7, 11) is 0. The van der Waals surface area contributed by atoms with Crippen molar-refractivity contribution in [2.45, 2.75) is 45.9 Å². The lowest BCUT2D eigenvalue weighted by Crippen LogP contribution is -2.46. The molecule has 3 amide bonds. The summed E-state index contributed by atoms with van der Waals surface area (Å²) in [5.74, 6) is -0.0707. The number of rotatable bonds is 9. The SMILES string of the molecule is Cc1ccc(CN2C(=O)O[C@@H](c3cccc(NC(=O)c4ccccc4)c3)[C@H]2C(=O)NCCC(C)C)cc1. The Morgan fingerprint density at radius 1 is 0.973 bits per heavy atom. The minimum Gasteiger partial charge on any atom is -0.438 e. The molecule has 37 heavy (non-hydrogen) atoms. The third kappa shape index (κ3) is 6.55. The molecule has 0 radical (unpaired) electrons. The molecule has 1 saturated heterocycles. The third-order valence-electron chi connectivity index (χ3n) is 6.36. The topological polar surface area (TPSA) is 87.7 Å². The molecule has 0 saturated carbocycles. The molecule has 4 rings (SSSR count). The highest BCUT2D eigenvalue weighted by molar-refractivity contribution is 6.04. The number of carbonyl (C=O) groups is 3. The van der Waals surface area contributed by atoms with Crippen LogP contribution in [0, 0.1) is 12.8 Å². The molecule has 0 aliphatic carbocycles.